The van der Waals surface area contributed by atoms with Crippen molar-refractivity contribution in [2.24, 2.45) is 0 Å². The van der Waals surface area contributed by atoms with Crippen LogP contribution in [0.25, 0.3) is 5.69 Å². The molecule has 23 heavy (non-hydrogen) atoms. The second kappa shape index (κ2) is 6.54. The third kappa shape index (κ3) is 3.29. The topological polar surface area (TPSA) is 56.2 Å². The highest BCUT2D eigenvalue weighted by atomic mass is 16.5. The number of aromatic nitrogens is 2. The van der Waals surface area contributed by atoms with Crippen LogP contribution in [0.4, 0.5) is 0 Å². The lowest BCUT2D eigenvalue weighted by molar-refractivity contribution is 0.0856. The molecule has 122 valence electrons. The summed E-state index contributed by atoms with van der Waals surface area (Å²) in [4.78, 5) is 12.5. The van der Waals surface area contributed by atoms with Crippen molar-refractivity contribution in [1.29, 1.82) is 0 Å². The van der Waals surface area contributed by atoms with E-state index in [1.807, 2.05) is 43.7 Å². The first kappa shape index (κ1) is 15.7. The first-order valence-corrected chi connectivity index (χ1v) is 8.09. The van der Waals surface area contributed by atoms with Gasteiger partial charge in [0.25, 0.3) is 5.91 Å². The lowest BCUT2D eigenvalue weighted by Gasteiger charge is -2.11. The van der Waals surface area contributed by atoms with Gasteiger partial charge in [0, 0.05) is 13.2 Å². The predicted molar refractivity (Wildman–Crippen MR) is 89.1 cm³/mol. The van der Waals surface area contributed by atoms with Gasteiger partial charge in [-0.05, 0) is 51.3 Å². The minimum absolute atomic E-state index is 0.0746. The van der Waals surface area contributed by atoms with Crippen molar-refractivity contribution >= 4 is 5.91 Å². The number of nitrogens with one attached hydrogen (secondary N) is 1. The van der Waals surface area contributed by atoms with Crippen LogP contribution in [0.15, 0.2) is 24.3 Å². The van der Waals surface area contributed by atoms with E-state index in [0.717, 1.165) is 36.5 Å². The smallest absolute Gasteiger partial charge is 0.255 e. The zero-order valence-corrected chi connectivity index (χ0v) is 13.9. The fraction of sp³-hybridized carbons (Fsp3) is 0.444. The number of nitrogens with zero attached hydrogens (tertiary/aromatic N) is 2. The molecule has 5 heteroatoms. The summed E-state index contributed by atoms with van der Waals surface area (Å²) in [6, 6.07) is 8.11. The number of rotatable bonds is 4. The summed E-state index contributed by atoms with van der Waals surface area (Å²) in [5.41, 5.74) is 4.40. The standard InChI is InChI=1S/C18H23N3O2/c1-12-6-4-7-15(10-12)21-14(3)17(13(2)20-21)18(22)19-11-16-8-5-9-23-16/h4,6-7,10,16H,5,8-9,11H2,1-3H3,(H,19,22)/t16-/m1/s1. The van der Waals surface area contributed by atoms with Crippen molar-refractivity contribution in [3.63, 3.8) is 0 Å². The van der Waals surface area contributed by atoms with Gasteiger partial charge in [-0.25, -0.2) is 4.68 Å². The average molecular weight is 313 g/mol. The van der Waals surface area contributed by atoms with Crippen molar-refractivity contribution in [1.82, 2.24) is 15.1 Å². The molecular formula is C18H23N3O2. The summed E-state index contributed by atoms with van der Waals surface area (Å²) >= 11 is 0. The molecule has 0 saturated carbocycles. The van der Waals surface area contributed by atoms with Gasteiger partial charge in [-0.1, -0.05) is 12.1 Å². The molecule has 2 aromatic rings. The Labute approximate surface area is 136 Å². The number of aryl methyl sites for hydroxylation is 2. The Hall–Kier alpha value is -2.14. The normalized spacial score (nSPS) is 17.4. The highest BCUT2D eigenvalue weighted by Gasteiger charge is 2.21. The summed E-state index contributed by atoms with van der Waals surface area (Å²) in [6.45, 7) is 7.21. The third-order valence-corrected chi connectivity index (χ3v) is 4.28. The maximum atomic E-state index is 12.5. The Kier molecular flexibility index (Phi) is 4.48. The van der Waals surface area contributed by atoms with Gasteiger partial charge in [-0.3, -0.25) is 4.79 Å². The van der Waals surface area contributed by atoms with Crippen LogP contribution in [0.3, 0.4) is 0 Å². The highest BCUT2D eigenvalue weighted by molar-refractivity contribution is 5.96. The fourth-order valence-corrected chi connectivity index (χ4v) is 3.08. The number of amides is 1. The van der Waals surface area contributed by atoms with Gasteiger partial charge in [0.2, 0.25) is 0 Å². The SMILES string of the molecule is Cc1cccc(-n2nc(C)c(C(=O)NC[C@H]3CCCO3)c2C)c1. The Bertz CT molecular complexity index is 715. The molecule has 0 bridgehead atoms. The highest BCUT2D eigenvalue weighted by Crippen LogP contribution is 2.19. The van der Waals surface area contributed by atoms with Crippen LogP contribution >= 0.6 is 0 Å². The molecule has 1 fully saturated rings. The molecule has 1 saturated heterocycles. The molecule has 0 aliphatic carbocycles. The quantitative estimate of drug-likeness (QED) is 0.944. The van der Waals surface area contributed by atoms with Crippen LogP contribution in [-0.4, -0.2) is 34.9 Å². The first-order chi connectivity index (χ1) is 11.1. The molecule has 3 rings (SSSR count). The van der Waals surface area contributed by atoms with Crippen molar-refractivity contribution in [2.75, 3.05) is 13.2 Å². The van der Waals surface area contributed by atoms with Crippen LogP contribution in [0.1, 0.15) is 40.2 Å². The molecule has 1 N–H and O–H groups in total. The molecular weight excluding hydrogens is 290 g/mol. The Morgan fingerprint density at radius 2 is 2.22 bits per heavy atom. The molecule has 1 amide bonds. The van der Waals surface area contributed by atoms with Crippen LogP contribution < -0.4 is 5.32 Å². The molecule has 0 spiro atoms. The summed E-state index contributed by atoms with van der Waals surface area (Å²) < 4.78 is 7.39. The summed E-state index contributed by atoms with van der Waals surface area (Å²) in [7, 11) is 0. The number of ether oxygens (including phenoxy) is 1. The Balaban J connectivity index is 1.81. The summed E-state index contributed by atoms with van der Waals surface area (Å²) in [5.74, 6) is -0.0746. The molecule has 2 heterocycles. The monoisotopic (exact) mass is 313 g/mol. The van der Waals surface area contributed by atoms with Crippen molar-refractivity contribution in [3.8, 4) is 5.69 Å². The first-order valence-electron chi connectivity index (χ1n) is 8.09. The lowest BCUT2D eigenvalue weighted by atomic mass is 10.1. The van der Waals surface area contributed by atoms with Crippen LogP contribution in [0, 0.1) is 20.8 Å². The van der Waals surface area contributed by atoms with E-state index in [2.05, 4.69) is 16.5 Å². The summed E-state index contributed by atoms with van der Waals surface area (Å²) in [6.07, 6.45) is 2.23. The van der Waals surface area contributed by atoms with E-state index >= 15 is 0 Å². The van der Waals surface area contributed by atoms with Crippen molar-refractivity contribution in [2.45, 2.75) is 39.7 Å². The van der Waals surface area contributed by atoms with E-state index in [4.69, 9.17) is 4.74 Å². The largest absolute Gasteiger partial charge is 0.376 e. The van der Waals surface area contributed by atoms with Gasteiger partial charge in [-0.15, -0.1) is 0 Å². The molecule has 1 aliphatic rings. The van der Waals surface area contributed by atoms with E-state index in [1.165, 1.54) is 5.56 Å². The predicted octanol–water partition coefficient (Wildman–Crippen LogP) is 2.71. The Morgan fingerprint density at radius 1 is 1.39 bits per heavy atom. The van der Waals surface area contributed by atoms with Gasteiger partial charge >= 0.3 is 0 Å². The molecule has 0 unspecified atom stereocenters. The molecule has 5 nitrogen and oxygen atoms in total. The van der Waals surface area contributed by atoms with E-state index in [-0.39, 0.29) is 12.0 Å². The van der Waals surface area contributed by atoms with Gasteiger partial charge in [-0.2, -0.15) is 5.10 Å². The molecule has 0 radical (unpaired) electrons. The van der Waals surface area contributed by atoms with Crippen molar-refractivity contribution in [3.05, 3.63) is 46.8 Å². The van der Waals surface area contributed by atoms with Gasteiger partial charge in [0.05, 0.1) is 28.7 Å². The van der Waals surface area contributed by atoms with E-state index < -0.39 is 0 Å². The van der Waals surface area contributed by atoms with Crippen LogP contribution in [0.2, 0.25) is 0 Å². The van der Waals surface area contributed by atoms with Gasteiger partial charge in [0.15, 0.2) is 0 Å². The number of benzene rings is 1. The average Bonchev–Trinajstić information content (AvgIpc) is 3.13. The van der Waals surface area contributed by atoms with E-state index in [0.29, 0.717) is 12.1 Å². The lowest BCUT2D eigenvalue weighted by Crippen LogP contribution is -2.32. The van der Waals surface area contributed by atoms with E-state index in [1.54, 1.807) is 0 Å². The van der Waals surface area contributed by atoms with Crippen molar-refractivity contribution < 1.29 is 9.53 Å². The zero-order valence-electron chi connectivity index (χ0n) is 13.9. The summed E-state index contributed by atoms with van der Waals surface area (Å²) in [5, 5.41) is 7.53. The molecule has 1 aromatic carbocycles. The Morgan fingerprint density at radius 3 is 2.91 bits per heavy atom. The number of carbonyl (C=O) groups excluding carboxylic acids is 1. The van der Waals surface area contributed by atoms with E-state index in [9.17, 15) is 4.79 Å². The number of hydrogen-bond acceptors (Lipinski definition) is 3. The minimum atomic E-state index is -0.0746. The molecule has 1 aliphatic heterocycles. The number of carbonyl (C=O) groups is 1. The molecule has 1 atom stereocenters. The second-order valence-corrected chi connectivity index (χ2v) is 6.14. The maximum Gasteiger partial charge on any atom is 0.255 e. The maximum absolute atomic E-state index is 12.5. The zero-order chi connectivity index (χ0) is 16.4. The van der Waals surface area contributed by atoms with Gasteiger partial charge in [0.1, 0.15) is 0 Å². The fourth-order valence-electron chi connectivity index (χ4n) is 3.08. The minimum Gasteiger partial charge on any atom is -0.376 e. The second-order valence-electron chi connectivity index (χ2n) is 6.14. The van der Waals surface area contributed by atoms with Gasteiger partial charge < -0.3 is 10.1 Å². The molecule has 1 aromatic heterocycles. The number of hydrogen-bond donors (Lipinski definition) is 1. The third-order valence-electron chi connectivity index (χ3n) is 4.28. The van der Waals surface area contributed by atoms with Crippen LogP contribution in [0.5, 0.6) is 0 Å². The van der Waals surface area contributed by atoms with Crippen LogP contribution in [-0.2, 0) is 4.74 Å².